The molecule has 0 saturated heterocycles. The second-order valence-corrected chi connectivity index (χ2v) is 5.50. The summed E-state index contributed by atoms with van der Waals surface area (Å²) < 4.78 is 5.08. The molecule has 0 atom stereocenters. The maximum atomic E-state index is 11.9. The number of hydrogen-bond acceptors (Lipinski definition) is 2. The highest BCUT2D eigenvalue weighted by Crippen LogP contribution is 2.11. The molecule has 2 rings (SSSR count). The topological polar surface area (TPSA) is 50.4 Å². The van der Waals surface area contributed by atoms with Crippen LogP contribution in [-0.2, 0) is 24.3 Å². The third kappa shape index (κ3) is 5.75. The summed E-state index contributed by atoms with van der Waals surface area (Å²) in [5.41, 5.74) is 4.26. The number of nitrogens with one attached hydrogen (secondary N) is 2. The molecule has 0 bridgehead atoms. The van der Waals surface area contributed by atoms with Crippen LogP contribution in [0.3, 0.4) is 0 Å². The fourth-order valence-electron chi connectivity index (χ4n) is 2.32. The molecule has 0 aromatic heterocycles. The van der Waals surface area contributed by atoms with Crippen molar-refractivity contribution in [3.05, 3.63) is 65.2 Å². The summed E-state index contributed by atoms with van der Waals surface area (Å²) in [7, 11) is 1.68. The van der Waals surface area contributed by atoms with Gasteiger partial charge in [0.1, 0.15) is 0 Å². The maximum Gasteiger partial charge on any atom is 0.319 e. The molecule has 0 saturated carbocycles. The molecule has 2 N–H and O–H groups in total. The Balaban J connectivity index is 1.80. The lowest BCUT2D eigenvalue weighted by molar-refractivity contribution is 0.185. The first-order valence-electron chi connectivity index (χ1n) is 7.92. The Morgan fingerprint density at radius 3 is 2.17 bits per heavy atom. The molecule has 122 valence electrons. The predicted octanol–water partition coefficient (Wildman–Crippen LogP) is 4.11. The summed E-state index contributed by atoms with van der Waals surface area (Å²) in [5, 5.41) is 5.70. The van der Waals surface area contributed by atoms with Crippen molar-refractivity contribution < 1.29 is 9.53 Å². The first-order valence-corrected chi connectivity index (χ1v) is 7.92. The lowest BCUT2D eigenvalue weighted by atomic mass is 10.1. The first-order chi connectivity index (χ1) is 11.2. The van der Waals surface area contributed by atoms with Crippen LogP contribution in [0, 0.1) is 0 Å². The molecule has 4 nitrogen and oxygen atoms in total. The van der Waals surface area contributed by atoms with Crippen molar-refractivity contribution >= 4 is 11.7 Å². The predicted molar refractivity (Wildman–Crippen MR) is 93.5 cm³/mol. The van der Waals surface area contributed by atoms with Gasteiger partial charge < -0.3 is 15.4 Å². The molecule has 0 unspecified atom stereocenters. The number of aryl methyl sites for hydroxylation is 1. The van der Waals surface area contributed by atoms with E-state index < -0.39 is 0 Å². The minimum atomic E-state index is -0.200. The highest BCUT2D eigenvalue weighted by molar-refractivity contribution is 5.89. The van der Waals surface area contributed by atoms with Crippen LogP contribution < -0.4 is 10.6 Å². The number of carbonyl (C=O) groups is 1. The Bertz CT molecular complexity index is 606. The summed E-state index contributed by atoms with van der Waals surface area (Å²) in [6.45, 7) is 3.25. The Labute approximate surface area is 137 Å². The van der Waals surface area contributed by atoms with Crippen molar-refractivity contribution in [2.75, 3.05) is 12.4 Å². The van der Waals surface area contributed by atoms with Gasteiger partial charge in [0, 0.05) is 19.3 Å². The van der Waals surface area contributed by atoms with Gasteiger partial charge in [-0.3, -0.25) is 0 Å². The summed E-state index contributed by atoms with van der Waals surface area (Å²) in [4.78, 5) is 11.9. The van der Waals surface area contributed by atoms with E-state index >= 15 is 0 Å². The molecular formula is C19H24N2O2. The van der Waals surface area contributed by atoms with Gasteiger partial charge in [-0.1, -0.05) is 49.7 Å². The van der Waals surface area contributed by atoms with Crippen LogP contribution in [0.5, 0.6) is 0 Å². The molecule has 2 aromatic carbocycles. The monoisotopic (exact) mass is 312 g/mol. The van der Waals surface area contributed by atoms with E-state index in [4.69, 9.17) is 4.74 Å². The number of ether oxygens (including phenoxy) is 1. The normalized spacial score (nSPS) is 10.3. The molecular weight excluding hydrogens is 288 g/mol. The molecule has 23 heavy (non-hydrogen) atoms. The Morgan fingerprint density at radius 2 is 1.57 bits per heavy atom. The molecule has 2 amide bonds. The maximum absolute atomic E-state index is 11.9. The lowest BCUT2D eigenvalue weighted by Crippen LogP contribution is -2.28. The molecule has 2 aromatic rings. The quantitative estimate of drug-likeness (QED) is 0.808. The van der Waals surface area contributed by atoms with Crippen molar-refractivity contribution in [2.45, 2.75) is 32.9 Å². The van der Waals surface area contributed by atoms with Crippen molar-refractivity contribution in [2.24, 2.45) is 0 Å². The fourth-order valence-corrected chi connectivity index (χ4v) is 2.32. The molecule has 4 heteroatoms. The summed E-state index contributed by atoms with van der Waals surface area (Å²) in [6.07, 6.45) is 2.18. The molecule has 0 radical (unpaired) electrons. The summed E-state index contributed by atoms with van der Waals surface area (Å²) >= 11 is 0. The second kappa shape index (κ2) is 8.96. The van der Waals surface area contributed by atoms with E-state index in [0.717, 1.165) is 29.7 Å². The number of amides is 2. The average Bonchev–Trinajstić information content (AvgIpc) is 2.57. The Kier molecular flexibility index (Phi) is 6.63. The van der Waals surface area contributed by atoms with E-state index in [1.165, 1.54) is 5.56 Å². The van der Waals surface area contributed by atoms with Crippen molar-refractivity contribution in [3.63, 3.8) is 0 Å². The molecule has 0 aliphatic heterocycles. The highest BCUT2D eigenvalue weighted by atomic mass is 16.5. The smallest absolute Gasteiger partial charge is 0.319 e. The third-order valence-electron chi connectivity index (χ3n) is 3.54. The minimum Gasteiger partial charge on any atom is -0.380 e. The fraction of sp³-hybridized carbons (Fsp3) is 0.316. The van der Waals surface area contributed by atoms with Crippen molar-refractivity contribution in [3.8, 4) is 0 Å². The van der Waals surface area contributed by atoms with Gasteiger partial charge in [0.2, 0.25) is 0 Å². The van der Waals surface area contributed by atoms with Crippen LogP contribution in [0.1, 0.15) is 30.0 Å². The zero-order chi connectivity index (χ0) is 16.5. The van der Waals surface area contributed by atoms with Gasteiger partial charge in [-0.25, -0.2) is 4.79 Å². The average molecular weight is 312 g/mol. The van der Waals surface area contributed by atoms with Gasteiger partial charge in [0.05, 0.1) is 6.61 Å². The van der Waals surface area contributed by atoms with Gasteiger partial charge in [-0.15, -0.1) is 0 Å². The first kappa shape index (κ1) is 17.0. The molecule has 0 fully saturated rings. The van der Waals surface area contributed by atoms with Gasteiger partial charge in [-0.05, 0) is 35.2 Å². The van der Waals surface area contributed by atoms with E-state index in [9.17, 15) is 4.79 Å². The van der Waals surface area contributed by atoms with Crippen LogP contribution in [0.15, 0.2) is 48.5 Å². The van der Waals surface area contributed by atoms with E-state index in [1.807, 2.05) is 48.5 Å². The number of anilines is 1. The van der Waals surface area contributed by atoms with Crippen LogP contribution in [0.25, 0.3) is 0 Å². The molecule has 0 heterocycles. The zero-order valence-corrected chi connectivity index (χ0v) is 13.8. The SMILES string of the molecule is CCCc1ccc(NC(=O)NCc2ccc(COC)cc2)cc1. The standard InChI is InChI=1S/C19H24N2O2/c1-3-4-15-9-11-18(12-10-15)21-19(22)20-13-16-5-7-17(8-6-16)14-23-2/h5-12H,3-4,13-14H2,1-2H3,(H2,20,21,22). The number of carbonyl (C=O) groups excluding carboxylic acids is 1. The minimum absolute atomic E-state index is 0.200. The van der Waals surface area contributed by atoms with Crippen molar-refractivity contribution in [1.82, 2.24) is 5.32 Å². The molecule has 0 spiro atoms. The molecule has 0 aliphatic carbocycles. The lowest BCUT2D eigenvalue weighted by Gasteiger charge is -2.09. The number of hydrogen-bond donors (Lipinski definition) is 2. The largest absolute Gasteiger partial charge is 0.380 e. The highest BCUT2D eigenvalue weighted by Gasteiger charge is 2.02. The van der Waals surface area contributed by atoms with Crippen LogP contribution in [0.4, 0.5) is 10.5 Å². The number of benzene rings is 2. The van der Waals surface area contributed by atoms with Gasteiger partial charge in [0.25, 0.3) is 0 Å². The zero-order valence-electron chi connectivity index (χ0n) is 13.8. The van der Waals surface area contributed by atoms with Crippen LogP contribution in [0.2, 0.25) is 0 Å². The van der Waals surface area contributed by atoms with E-state index in [2.05, 4.69) is 17.6 Å². The number of urea groups is 1. The van der Waals surface area contributed by atoms with Gasteiger partial charge in [-0.2, -0.15) is 0 Å². The summed E-state index contributed by atoms with van der Waals surface area (Å²) in [6, 6.07) is 15.8. The number of rotatable bonds is 7. The second-order valence-electron chi connectivity index (χ2n) is 5.50. The summed E-state index contributed by atoms with van der Waals surface area (Å²) in [5.74, 6) is 0. The van der Waals surface area contributed by atoms with E-state index in [1.54, 1.807) is 7.11 Å². The van der Waals surface area contributed by atoms with Gasteiger partial charge >= 0.3 is 6.03 Å². The van der Waals surface area contributed by atoms with Crippen LogP contribution in [-0.4, -0.2) is 13.1 Å². The van der Waals surface area contributed by atoms with E-state index in [-0.39, 0.29) is 6.03 Å². The Hall–Kier alpha value is -2.33. The van der Waals surface area contributed by atoms with E-state index in [0.29, 0.717) is 13.2 Å². The Morgan fingerprint density at radius 1 is 0.957 bits per heavy atom. The molecule has 0 aliphatic rings. The number of methoxy groups -OCH3 is 1. The van der Waals surface area contributed by atoms with Crippen molar-refractivity contribution in [1.29, 1.82) is 0 Å². The third-order valence-corrected chi connectivity index (χ3v) is 3.54. The van der Waals surface area contributed by atoms with Crippen LogP contribution >= 0.6 is 0 Å². The van der Waals surface area contributed by atoms with Gasteiger partial charge in [0.15, 0.2) is 0 Å².